The first-order valence-electron chi connectivity index (χ1n) is 5.27. The lowest BCUT2D eigenvalue weighted by Gasteiger charge is -2.04. The molecule has 2 aromatic rings. The SMILES string of the molecule is C=CCNC(=O)c1c(C)nc2c(Cl)cc(Cl)cn12. The molecule has 2 heterocycles. The number of aromatic nitrogens is 2. The Morgan fingerprint density at radius 3 is 3.00 bits per heavy atom. The van der Waals surface area contributed by atoms with Crippen molar-refractivity contribution in [1.29, 1.82) is 0 Å². The highest BCUT2D eigenvalue weighted by atomic mass is 35.5. The third-order valence-corrected chi connectivity index (χ3v) is 2.92. The van der Waals surface area contributed by atoms with E-state index in [9.17, 15) is 4.79 Å². The molecule has 0 spiro atoms. The quantitative estimate of drug-likeness (QED) is 0.881. The molecule has 18 heavy (non-hydrogen) atoms. The average Bonchev–Trinajstić information content (AvgIpc) is 2.63. The zero-order chi connectivity index (χ0) is 13.3. The van der Waals surface area contributed by atoms with Gasteiger partial charge in [-0.25, -0.2) is 4.98 Å². The van der Waals surface area contributed by atoms with Crippen LogP contribution in [0.3, 0.4) is 0 Å². The number of amides is 1. The monoisotopic (exact) mass is 283 g/mol. The molecule has 0 aromatic carbocycles. The van der Waals surface area contributed by atoms with E-state index in [2.05, 4.69) is 16.9 Å². The summed E-state index contributed by atoms with van der Waals surface area (Å²) in [7, 11) is 0. The van der Waals surface area contributed by atoms with Gasteiger partial charge in [0.05, 0.1) is 15.7 Å². The minimum atomic E-state index is -0.238. The Morgan fingerprint density at radius 1 is 1.61 bits per heavy atom. The van der Waals surface area contributed by atoms with Crippen LogP contribution in [-0.4, -0.2) is 21.8 Å². The van der Waals surface area contributed by atoms with E-state index in [-0.39, 0.29) is 5.91 Å². The maximum Gasteiger partial charge on any atom is 0.270 e. The molecule has 0 saturated heterocycles. The molecule has 0 unspecified atom stereocenters. The van der Waals surface area contributed by atoms with E-state index >= 15 is 0 Å². The van der Waals surface area contributed by atoms with Crippen molar-refractivity contribution < 1.29 is 4.79 Å². The van der Waals surface area contributed by atoms with Crippen molar-refractivity contribution in [3.63, 3.8) is 0 Å². The molecule has 0 aliphatic carbocycles. The van der Waals surface area contributed by atoms with Crippen LogP contribution in [0.5, 0.6) is 0 Å². The van der Waals surface area contributed by atoms with Gasteiger partial charge in [-0.05, 0) is 13.0 Å². The number of pyridine rings is 1. The van der Waals surface area contributed by atoms with Gasteiger partial charge < -0.3 is 5.32 Å². The van der Waals surface area contributed by atoms with Crippen molar-refractivity contribution >= 4 is 34.8 Å². The third-order valence-electron chi connectivity index (χ3n) is 2.44. The summed E-state index contributed by atoms with van der Waals surface area (Å²) in [5.41, 5.74) is 1.54. The molecule has 0 radical (unpaired) electrons. The van der Waals surface area contributed by atoms with Gasteiger partial charge in [0.1, 0.15) is 5.69 Å². The lowest BCUT2D eigenvalue weighted by molar-refractivity contribution is 0.0951. The molecule has 0 fully saturated rings. The molecule has 0 aliphatic heterocycles. The van der Waals surface area contributed by atoms with Crippen LogP contribution < -0.4 is 5.32 Å². The van der Waals surface area contributed by atoms with Gasteiger partial charge >= 0.3 is 0 Å². The number of hydrogen-bond acceptors (Lipinski definition) is 2. The molecule has 6 heteroatoms. The number of rotatable bonds is 3. The molecule has 2 rings (SSSR count). The predicted molar refractivity (Wildman–Crippen MR) is 72.5 cm³/mol. The Kier molecular flexibility index (Phi) is 3.59. The van der Waals surface area contributed by atoms with Gasteiger partial charge in [-0.1, -0.05) is 29.3 Å². The molecule has 0 aliphatic rings. The largest absolute Gasteiger partial charge is 0.347 e. The van der Waals surface area contributed by atoms with Crippen LogP contribution in [0.25, 0.3) is 5.65 Å². The normalized spacial score (nSPS) is 10.6. The van der Waals surface area contributed by atoms with E-state index in [0.717, 1.165) is 0 Å². The van der Waals surface area contributed by atoms with Crippen LogP contribution in [0.15, 0.2) is 24.9 Å². The number of halogens is 2. The molecule has 0 bridgehead atoms. The summed E-state index contributed by atoms with van der Waals surface area (Å²) in [6.07, 6.45) is 3.22. The van der Waals surface area contributed by atoms with Crippen molar-refractivity contribution in [2.24, 2.45) is 0 Å². The van der Waals surface area contributed by atoms with Gasteiger partial charge in [-0.3, -0.25) is 9.20 Å². The van der Waals surface area contributed by atoms with Gasteiger partial charge in [0, 0.05) is 12.7 Å². The summed E-state index contributed by atoms with van der Waals surface area (Å²) in [4.78, 5) is 16.3. The van der Waals surface area contributed by atoms with Crippen molar-refractivity contribution in [2.45, 2.75) is 6.92 Å². The molecule has 94 valence electrons. The second kappa shape index (κ2) is 5.00. The van der Waals surface area contributed by atoms with Gasteiger partial charge in [0.2, 0.25) is 0 Å². The summed E-state index contributed by atoms with van der Waals surface area (Å²) >= 11 is 12.0. The molecule has 2 aromatic heterocycles. The van der Waals surface area contributed by atoms with Crippen LogP contribution in [0, 0.1) is 6.92 Å². The second-order valence-electron chi connectivity index (χ2n) is 3.74. The Balaban J connectivity index is 2.59. The van der Waals surface area contributed by atoms with Gasteiger partial charge in [-0.15, -0.1) is 6.58 Å². The molecule has 0 atom stereocenters. The van der Waals surface area contributed by atoms with Crippen LogP contribution in [-0.2, 0) is 0 Å². The van der Waals surface area contributed by atoms with Gasteiger partial charge in [0.25, 0.3) is 5.91 Å². The number of fused-ring (bicyclic) bond motifs is 1. The maximum atomic E-state index is 12.0. The molecule has 1 amide bonds. The Bertz CT molecular complexity index is 634. The predicted octanol–water partition coefficient (Wildman–Crippen LogP) is 2.87. The van der Waals surface area contributed by atoms with E-state index < -0.39 is 0 Å². The molecular weight excluding hydrogens is 273 g/mol. The smallest absolute Gasteiger partial charge is 0.270 e. The fourth-order valence-corrected chi connectivity index (χ4v) is 2.22. The van der Waals surface area contributed by atoms with Crippen molar-refractivity contribution in [3.05, 3.63) is 46.4 Å². The van der Waals surface area contributed by atoms with Crippen LogP contribution in [0.1, 0.15) is 16.2 Å². The molecule has 4 nitrogen and oxygen atoms in total. The second-order valence-corrected chi connectivity index (χ2v) is 4.59. The summed E-state index contributed by atoms with van der Waals surface area (Å²) in [6, 6.07) is 1.59. The highest BCUT2D eigenvalue weighted by molar-refractivity contribution is 6.36. The fraction of sp³-hybridized carbons (Fsp3) is 0.167. The summed E-state index contributed by atoms with van der Waals surface area (Å²) in [5.74, 6) is -0.238. The number of carbonyl (C=O) groups is 1. The highest BCUT2D eigenvalue weighted by Crippen LogP contribution is 2.24. The summed E-state index contributed by atoms with van der Waals surface area (Å²) in [5, 5.41) is 3.56. The number of aryl methyl sites for hydroxylation is 1. The molecule has 1 N–H and O–H groups in total. The lowest BCUT2D eigenvalue weighted by Crippen LogP contribution is -2.25. The maximum absolute atomic E-state index is 12.0. The van der Waals surface area contributed by atoms with Crippen molar-refractivity contribution in [1.82, 2.24) is 14.7 Å². The number of imidazole rings is 1. The number of nitrogens with one attached hydrogen (secondary N) is 1. The first kappa shape index (κ1) is 12.9. The highest BCUT2D eigenvalue weighted by Gasteiger charge is 2.17. The Hall–Kier alpha value is -1.52. The summed E-state index contributed by atoms with van der Waals surface area (Å²) < 4.78 is 1.60. The number of carbonyl (C=O) groups excluding carboxylic acids is 1. The van der Waals surface area contributed by atoms with Crippen LogP contribution >= 0.6 is 23.2 Å². The average molecular weight is 284 g/mol. The van der Waals surface area contributed by atoms with Crippen molar-refractivity contribution in [3.8, 4) is 0 Å². The lowest BCUT2D eigenvalue weighted by atomic mass is 10.3. The van der Waals surface area contributed by atoms with Crippen molar-refractivity contribution in [2.75, 3.05) is 6.54 Å². The number of hydrogen-bond donors (Lipinski definition) is 1. The van der Waals surface area contributed by atoms with E-state index in [1.54, 1.807) is 29.7 Å². The molecular formula is C12H11Cl2N3O. The van der Waals surface area contributed by atoms with Gasteiger partial charge in [0.15, 0.2) is 5.65 Å². The first-order valence-corrected chi connectivity index (χ1v) is 6.03. The third kappa shape index (κ3) is 2.21. The van der Waals surface area contributed by atoms with Gasteiger partial charge in [-0.2, -0.15) is 0 Å². The Labute approximate surface area is 114 Å². The van der Waals surface area contributed by atoms with Crippen LogP contribution in [0.4, 0.5) is 0 Å². The fourth-order valence-electron chi connectivity index (χ4n) is 1.71. The van der Waals surface area contributed by atoms with E-state index in [4.69, 9.17) is 23.2 Å². The van der Waals surface area contributed by atoms with E-state index in [1.807, 2.05) is 0 Å². The standard InChI is InChI=1S/C12H11Cl2N3O/c1-3-4-15-12(18)10-7(2)16-11-9(14)5-8(13)6-17(10)11/h3,5-6H,1,4H2,2H3,(H,15,18). The zero-order valence-electron chi connectivity index (χ0n) is 9.70. The zero-order valence-corrected chi connectivity index (χ0v) is 11.2. The minimum absolute atomic E-state index is 0.238. The number of nitrogens with zero attached hydrogens (tertiary/aromatic N) is 2. The Morgan fingerprint density at radius 2 is 2.33 bits per heavy atom. The summed E-state index contributed by atoms with van der Waals surface area (Å²) in [6.45, 7) is 5.69. The molecule has 0 saturated carbocycles. The topological polar surface area (TPSA) is 46.4 Å². The minimum Gasteiger partial charge on any atom is -0.347 e. The van der Waals surface area contributed by atoms with E-state index in [0.29, 0.717) is 33.6 Å². The first-order chi connectivity index (χ1) is 8.54. The van der Waals surface area contributed by atoms with E-state index in [1.165, 1.54) is 0 Å². The van der Waals surface area contributed by atoms with Crippen LogP contribution in [0.2, 0.25) is 10.0 Å².